The van der Waals surface area contributed by atoms with Crippen molar-refractivity contribution in [2.45, 2.75) is 55.0 Å². The summed E-state index contributed by atoms with van der Waals surface area (Å²) in [6.07, 6.45) is -0.750. The number of aryl methyl sites for hydroxylation is 1. The van der Waals surface area contributed by atoms with Crippen molar-refractivity contribution in [2.24, 2.45) is 0 Å². The second-order valence-electron chi connectivity index (χ2n) is 8.07. The van der Waals surface area contributed by atoms with E-state index in [4.69, 9.17) is 11.6 Å². The average molecular weight is 478 g/mol. The topological polar surface area (TPSA) is 64.4 Å². The van der Waals surface area contributed by atoms with Crippen LogP contribution in [0.2, 0.25) is 5.02 Å². The molecule has 0 amide bonds. The Bertz CT molecular complexity index is 1070. The minimum absolute atomic E-state index is 0.0935. The molecule has 2 fully saturated rings. The van der Waals surface area contributed by atoms with E-state index in [2.05, 4.69) is 9.84 Å². The van der Waals surface area contributed by atoms with E-state index in [-0.39, 0.29) is 15.7 Å². The van der Waals surface area contributed by atoms with E-state index in [0.717, 1.165) is 30.4 Å². The summed E-state index contributed by atoms with van der Waals surface area (Å²) in [6.45, 7) is 1.33. The number of halogens is 4. The molecule has 1 atom stereocenters. The number of hydrogen-bond donors (Lipinski definition) is 0. The van der Waals surface area contributed by atoms with Gasteiger partial charge in [-0.3, -0.25) is 0 Å². The van der Waals surface area contributed by atoms with Gasteiger partial charge in [-0.2, -0.15) is 18.3 Å². The summed E-state index contributed by atoms with van der Waals surface area (Å²) in [5.74, 6) is 0.802. The average Bonchev–Trinajstić information content (AvgIpc) is 3.25. The van der Waals surface area contributed by atoms with Crippen LogP contribution in [0, 0.1) is 6.92 Å². The molecule has 0 radical (unpaired) electrons. The summed E-state index contributed by atoms with van der Waals surface area (Å²) in [4.78, 5) is 1.94. The van der Waals surface area contributed by atoms with Gasteiger partial charge in [0.2, 0.25) is 0 Å². The Balaban J connectivity index is 1.50. The molecule has 1 aromatic heterocycles. The van der Waals surface area contributed by atoms with E-state index in [0.29, 0.717) is 25.6 Å². The molecule has 11 heteroatoms. The van der Waals surface area contributed by atoms with E-state index in [1.54, 1.807) is 0 Å². The zero-order valence-electron chi connectivity index (χ0n) is 16.9. The quantitative estimate of drug-likeness (QED) is 0.610. The standard InChI is InChI=1S/C20H23ClF3N3O3S/c1-13-9-19(27(25-13)14-3-2-4-14)26-8-7-16(11-26)31(28,29)18-6-5-15(10-17(18)21)30-12-20(22,23)24/h5-6,9-10,14,16H,2-4,7-8,11-12H2,1H3. The summed E-state index contributed by atoms with van der Waals surface area (Å²) < 4.78 is 70.1. The van der Waals surface area contributed by atoms with Crippen molar-refractivity contribution in [3.8, 4) is 5.75 Å². The summed E-state index contributed by atoms with van der Waals surface area (Å²) in [5, 5.41) is 3.78. The number of alkyl halides is 3. The summed E-state index contributed by atoms with van der Waals surface area (Å²) in [7, 11) is -3.77. The van der Waals surface area contributed by atoms with Crippen LogP contribution in [0.15, 0.2) is 29.2 Å². The summed E-state index contributed by atoms with van der Waals surface area (Å²) in [5.41, 5.74) is 0.894. The number of sulfone groups is 1. The van der Waals surface area contributed by atoms with Crippen LogP contribution in [0.25, 0.3) is 0 Å². The van der Waals surface area contributed by atoms with E-state index in [1.165, 1.54) is 18.6 Å². The first-order chi connectivity index (χ1) is 14.5. The molecule has 0 N–H and O–H groups in total. The molecule has 0 bridgehead atoms. The second-order valence-corrected chi connectivity index (χ2v) is 10.7. The molecule has 2 aromatic rings. The van der Waals surface area contributed by atoms with Gasteiger partial charge in [0.1, 0.15) is 11.6 Å². The summed E-state index contributed by atoms with van der Waals surface area (Å²) >= 11 is 6.12. The van der Waals surface area contributed by atoms with Crippen LogP contribution in [0.3, 0.4) is 0 Å². The lowest BCUT2D eigenvalue weighted by Crippen LogP contribution is -2.30. The minimum atomic E-state index is -4.49. The molecule has 1 aliphatic heterocycles. The van der Waals surface area contributed by atoms with E-state index >= 15 is 0 Å². The second kappa shape index (κ2) is 8.20. The third kappa shape index (κ3) is 4.64. The van der Waals surface area contributed by atoms with Gasteiger partial charge in [0, 0.05) is 25.2 Å². The van der Waals surface area contributed by atoms with Gasteiger partial charge in [-0.15, -0.1) is 0 Å². The van der Waals surface area contributed by atoms with Crippen molar-refractivity contribution in [1.29, 1.82) is 0 Å². The molecule has 1 saturated carbocycles. The molecule has 6 nitrogen and oxygen atoms in total. The Morgan fingerprint density at radius 3 is 2.58 bits per heavy atom. The van der Waals surface area contributed by atoms with Crippen LogP contribution < -0.4 is 9.64 Å². The maximum atomic E-state index is 13.2. The minimum Gasteiger partial charge on any atom is -0.484 e. The first-order valence-corrected chi connectivity index (χ1v) is 12.0. The molecule has 0 spiro atoms. The monoisotopic (exact) mass is 477 g/mol. The number of ether oxygens (including phenoxy) is 1. The van der Waals surface area contributed by atoms with Crippen molar-refractivity contribution >= 4 is 27.3 Å². The molecule has 2 aliphatic rings. The van der Waals surface area contributed by atoms with E-state index < -0.39 is 27.9 Å². The zero-order chi connectivity index (χ0) is 22.4. The molecular weight excluding hydrogens is 455 g/mol. The highest BCUT2D eigenvalue weighted by atomic mass is 35.5. The van der Waals surface area contributed by atoms with Gasteiger partial charge >= 0.3 is 6.18 Å². The third-order valence-corrected chi connectivity index (χ3v) is 8.44. The molecule has 1 aliphatic carbocycles. The number of anilines is 1. The molecule has 1 unspecified atom stereocenters. The van der Waals surface area contributed by atoms with Crippen LogP contribution in [-0.2, 0) is 9.84 Å². The van der Waals surface area contributed by atoms with Crippen molar-refractivity contribution < 1.29 is 26.3 Å². The lowest BCUT2D eigenvalue weighted by Gasteiger charge is -2.30. The smallest absolute Gasteiger partial charge is 0.422 e. The Morgan fingerprint density at radius 1 is 1.23 bits per heavy atom. The van der Waals surface area contributed by atoms with Gasteiger partial charge < -0.3 is 9.64 Å². The first-order valence-electron chi connectivity index (χ1n) is 10.1. The van der Waals surface area contributed by atoms with Gasteiger partial charge in [-0.25, -0.2) is 13.1 Å². The normalized spacial score (nSPS) is 20.2. The SMILES string of the molecule is Cc1cc(N2CCC(S(=O)(=O)c3ccc(OCC(F)(F)F)cc3Cl)C2)n(C2CCC2)n1. The predicted molar refractivity (Wildman–Crippen MR) is 111 cm³/mol. The Morgan fingerprint density at radius 2 is 1.97 bits per heavy atom. The third-order valence-electron chi connectivity index (χ3n) is 5.78. The van der Waals surface area contributed by atoms with Crippen LogP contribution in [0.4, 0.5) is 19.0 Å². The first kappa shape index (κ1) is 22.3. The number of benzene rings is 1. The van der Waals surface area contributed by atoms with Crippen molar-refractivity contribution in [2.75, 3.05) is 24.6 Å². The van der Waals surface area contributed by atoms with E-state index in [9.17, 15) is 21.6 Å². The highest BCUT2D eigenvalue weighted by Gasteiger charge is 2.37. The highest BCUT2D eigenvalue weighted by Crippen LogP contribution is 2.37. The van der Waals surface area contributed by atoms with Crippen molar-refractivity contribution in [1.82, 2.24) is 9.78 Å². The van der Waals surface area contributed by atoms with E-state index in [1.807, 2.05) is 22.6 Å². The molecule has 1 saturated heterocycles. The Labute approximate surface area is 183 Å². The fourth-order valence-electron chi connectivity index (χ4n) is 3.98. The van der Waals surface area contributed by atoms with Crippen molar-refractivity contribution in [3.05, 3.63) is 35.0 Å². The van der Waals surface area contributed by atoms with Crippen LogP contribution in [0.1, 0.15) is 37.4 Å². The molecule has 31 heavy (non-hydrogen) atoms. The van der Waals surface area contributed by atoms with Gasteiger partial charge in [0.25, 0.3) is 0 Å². The number of hydrogen-bond acceptors (Lipinski definition) is 5. The summed E-state index contributed by atoms with van der Waals surface area (Å²) in [6, 6.07) is 5.87. The zero-order valence-corrected chi connectivity index (χ0v) is 18.5. The molecule has 170 valence electrons. The number of aromatic nitrogens is 2. The van der Waals surface area contributed by atoms with Gasteiger partial charge in [0.15, 0.2) is 16.4 Å². The fraction of sp³-hybridized carbons (Fsp3) is 0.550. The lowest BCUT2D eigenvalue weighted by atomic mass is 9.93. The molecular formula is C20H23ClF3N3O3S. The number of rotatable bonds is 6. The molecule has 4 rings (SSSR count). The van der Waals surface area contributed by atoms with Gasteiger partial charge in [-0.05, 0) is 44.7 Å². The Kier molecular flexibility index (Phi) is 5.89. The maximum Gasteiger partial charge on any atom is 0.422 e. The lowest BCUT2D eigenvalue weighted by molar-refractivity contribution is -0.153. The largest absolute Gasteiger partial charge is 0.484 e. The Hall–Kier alpha value is -1.94. The highest BCUT2D eigenvalue weighted by molar-refractivity contribution is 7.92. The van der Waals surface area contributed by atoms with Crippen molar-refractivity contribution in [3.63, 3.8) is 0 Å². The maximum absolute atomic E-state index is 13.2. The van der Waals surface area contributed by atoms with Gasteiger partial charge in [-0.1, -0.05) is 11.6 Å². The van der Waals surface area contributed by atoms with Crippen LogP contribution in [0.5, 0.6) is 5.75 Å². The predicted octanol–water partition coefficient (Wildman–Crippen LogP) is 4.56. The molecule has 2 heterocycles. The number of nitrogens with zero attached hydrogens (tertiary/aromatic N) is 3. The van der Waals surface area contributed by atoms with Crippen LogP contribution in [-0.4, -0.2) is 49.3 Å². The fourth-order valence-corrected chi connectivity index (χ4v) is 6.21. The van der Waals surface area contributed by atoms with Crippen LogP contribution >= 0.6 is 11.6 Å². The molecule has 1 aromatic carbocycles. The van der Waals surface area contributed by atoms with Gasteiger partial charge in [0.05, 0.1) is 26.9 Å².